The highest BCUT2D eigenvalue weighted by Crippen LogP contribution is 2.30. The zero-order valence-corrected chi connectivity index (χ0v) is 29.1. The summed E-state index contributed by atoms with van der Waals surface area (Å²) >= 11 is 6.14. The van der Waals surface area contributed by atoms with Crippen molar-refractivity contribution in [3.63, 3.8) is 0 Å². The van der Waals surface area contributed by atoms with Crippen molar-refractivity contribution < 1.29 is 23.1 Å². The SMILES string of the molecule is CC(C)(C)CCN=C(N)N(C(=O)c1ccc(-c2cnn(C(F)F)c2)cc1)C(COC1CC1)c1ccc(Cl)cc1.Cc1n[nH]c(C)n1.NC=O. The monoisotopic (exact) mass is 699 g/mol. The molecule has 0 aliphatic heterocycles. The summed E-state index contributed by atoms with van der Waals surface area (Å²) < 4.78 is 32.5. The van der Waals surface area contributed by atoms with Crippen LogP contribution in [0, 0.1) is 19.3 Å². The minimum absolute atomic E-state index is 0.0528. The van der Waals surface area contributed by atoms with E-state index in [1.54, 1.807) is 36.4 Å². The Morgan fingerprint density at radius 3 is 2.24 bits per heavy atom. The number of ether oxygens (including phenoxy) is 1. The van der Waals surface area contributed by atoms with Crippen LogP contribution in [0.5, 0.6) is 0 Å². The number of rotatable bonds is 10. The van der Waals surface area contributed by atoms with Gasteiger partial charge in [0.05, 0.1) is 24.9 Å². The molecule has 12 nitrogen and oxygen atoms in total. The fourth-order valence-electron chi connectivity index (χ4n) is 4.45. The summed E-state index contributed by atoms with van der Waals surface area (Å²) in [6.07, 6.45) is 5.81. The van der Waals surface area contributed by atoms with Gasteiger partial charge in [-0.15, -0.1) is 0 Å². The van der Waals surface area contributed by atoms with E-state index in [4.69, 9.17) is 26.9 Å². The molecule has 264 valence electrons. The zero-order valence-electron chi connectivity index (χ0n) is 28.3. The van der Waals surface area contributed by atoms with Gasteiger partial charge < -0.3 is 16.2 Å². The second kappa shape index (κ2) is 18.2. The van der Waals surface area contributed by atoms with Crippen molar-refractivity contribution in [2.24, 2.45) is 21.9 Å². The Balaban J connectivity index is 0.000000562. The predicted molar refractivity (Wildman–Crippen MR) is 185 cm³/mol. The van der Waals surface area contributed by atoms with E-state index in [0.717, 1.165) is 36.5 Å². The predicted octanol–water partition coefficient (Wildman–Crippen LogP) is 6.24. The van der Waals surface area contributed by atoms with E-state index in [-0.39, 0.29) is 36.4 Å². The van der Waals surface area contributed by atoms with Crippen molar-refractivity contribution in [2.75, 3.05) is 13.2 Å². The third-order valence-electron chi connectivity index (χ3n) is 7.16. The summed E-state index contributed by atoms with van der Waals surface area (Å²) in [5.41, 5.74) is 13.1. The number of benzene rings is 2. The highest BCUT2D eigenvalue weighted by Gasteiger charge is 2.32. The molecule has 1 aliphatic carbocycles. The maximum atomic E-state index is 14.0. The van der Waals surface area contributed by atoms with Gasteiger partial charge in [-0.2, -0.15) is 19.0 Å². The van der Waals surface area contributed by atoms with Gasteiger partial charge in [0.25, 0.3) is 5.91 Å². The number of H-pyrrole nitrogens is 1. The van der Waals surface area contributed by atoms with Crippen molar-refractivity contribution >= 4 is 29.9 Å². The maximum Gasteiger partial charge on any atom is 0.333 e. The van der Waals surface area contributed by atoms with Crippen molar-refractivity contribution in [1.29, 1.82) is 0 Å². The lowest BCUT2D eigenvalue weighted by molar-refractivity contribution is -0.106. The number of nitrogens with two attached hydrogens (primary N) is 2. The van der Waals surface area contributed by atoms with Gasteiger partial charge in [0.2, 0.25) is 6.41 Å². The largest absolute Gasteiger partial charge is 0.376 e. The van der Waals surface area contributed by atoms with Crippen LogP contribution < -0.4 is 11.5 Å². The number of hydrogen-bond donors (Lipinski definition) is 3. The summed E-state index contributed by atoms with van der Waals surface area (Å²) in [5.74, 6) is 1.43. The number of primary amides is 1. The number of aromatic amines is 1. The van der Waals surface area contributed by atoms with Crippen molar-refractivity contribution in [2.45, 2.75) is 72.6 Å². The smallest absolute Gasteiger partial charge is 0.333 e. The number of aliphatic imine (C=N–C) groups is 1. The number of carbonyl (C=O) groups is 2. The highest BCUT2D eigenvalue weighted by molar-refractivity contribution is 6.30. The first-order chi connectivity index (χ1) is 23.2. The molecule has 5 rings (SSSR count). The van der Waals surface area contributed by atoms with E-state index in [1.807, 2.05) is 26.0 Å². The molecule has 0 spiro atoms. The topological polar surface area (TPSA) is 170 Å². The van der Waals surface area contributed by atoms with Gasteiger partial charge in [-0.1, -0.05) is 56.6 Å². The highest BCUT2D eigenvalue weighted by atomic mass is 35.5. The van der Waals surface area contributed by atoms with Gasteiger partial charge in [0, 0.05) is 28.9 Å². The lowest BCUT2D eigenvalue weighted by atomic mass is 9.92. The molecule has 1 saturated carbocycles. The maximum absolute atomic E-state index is 14.0. The van der Waals surface area contributed by atoms with Crippen LogP contribution in [0.2, 0.25) is 5.02 Å². The second-order valence-corrected chi connectivity index (χ2v) is 12.9. The molecule has 0 bridgehead atoms. The second-order valence-electron chi connectivity index (χ2n) is 12.5. The fraction of sp³-hybridized carbons (Fsp3) is 0.412. The zero-order chi connectivity index (χ0) is 36.1. The van der Waals surface area contributed by atoms with Crippen LogP contribution in [0.15, 0.2) is 65.9 Å². The number of nitrogens with zero attached hydrogens (tertiary/aromatic N) is 6. The molecule has 1 fully saturated rings. The average molecular weight is 700 g/mol. The summed E-state index contributed by atoms with van der Waals surface area (Å²) in [5, 5.41) is 10.8. The molecule has 0 saturated heterocycles. The van der Waals surface area contributed by atoms with Crippen molar-refractivity contribution in [3.05, 3.63) is 88.7 Å². The van der Waals surface area contributed by atoms with Crippen LogP contribution in [0.3, 0.4) is 0 Å². The van der Waals surface area contributed by atoms with E-state index in [2.05, 4.69) is 51.8 Å². The number of hydrogen-bond acceptors (Lipinski definition) is 7. The van der Waals surface area contributed by atoms with E-state index in [0.29, 0.717) is 32.9 Å². The first kappa shape index (κ1) is 38.8. The van der Waals surface area contributed by atoms with Crippen LogP contribution in [-0.4, -0.2) is 67.4 Å². The summed E-state index contributed by atoms with van der Waals surface area (Å²) in [4.78, 5) is 32.6. The van der Waals surface area contributed by atoms with Crippen LogP contribution in [0.1, 0.15) is 80.2 Å². The first-order valence-electron chi connectivity index (χ1n) is 15.7. The Hall–Kier alpha value is -4.69. The molecule has 5 N–H and O–H groups in total. The molecule has 0 radical (unpaired) electrons. The normalized spacial score (nSPS) is 13.5. The summed E-state index contributed by atoms with van der Waals surface area (Å²) in [6, 6.07) is 13.4. The van der Waals surface area contributed by atoms with Crippen LogP contribution in [0.4, 0.5) is 8.78 Å². The number of halogens is 3. The summed E-state index contributed by atoms with van der Waals surface area (Å²) in [7, 11) is 0. The number of carbonyl (C=O) groups excluding carboxylic acids is 2. The Morgan fingerprint density at radius 2 is 1.78 bits per heavy atom. The van der Waals surface area contributed by atoms with E-state index in [9.17, 15) is 13.6 Å². The van der Waals surface area contributed by atoms with Crippen molar-refractivity contribution in [3.8, 4) is 11.1 Å². The summed E-state index contributed by atoms with van der Waals surface area (Å²) in [6.45, 7) is 8.07. The molecule has 2 aromatic carbocycles. The molecular weight excluding hydrogens is 656 g/mol. The third-order valence-corrected chi connectivity index (χ3v) is 7.41. The van der Waals surface area contributed by atoms with Gasteiger partial charge in [0.15, 0.2) is 5.96 Å². The Morgan fingerprint density at radius 1 is 1.14 bits per heavy atom. The number of guanidine groups is 1. The Labute approximate surface area is 289 Å². The first-order valence-corrected chi connectivity index (χ1v) is 16.0. The molecule has 2 aromatic heterocycles. The van der Waals surface area contributed by atoms with Crippen LogP contribution in [0.25, 0.3) is 11.1 Å². The van der Waals surface area contributed by atoms with E-state index < -0.39 is 12.6 Å². The third kappa shape index (κ3) is 12.7. The number of aryl methyl sites for hydroxylation is 2. The Kier molecular flexibility index (Phi) is 14.4. The van der Waals surface area contributed by atoms with Gasteiger partial charge >= 0.3 is 6.55 Å². The Bertz CT molecular complexity index is 1630. The minimum Gasteiger partial charge on any atom is -0.376 e. The van der Waals surface area contributed by atoms with Gasteiger partial charge in [-0.25, -0.2) is 9.67 Å². The number of nitrogens with one attached hydrogen (secondary N) is 1. The number of amides is 2. The molecule has 49 heavy (non-hydrogen) atoms. The van der Waals surface area contributed by atoms with Gasteiger partial charge in [-0.3, -0.25) is 24.6 Å². The van der Waals surface area contributed by atoms with Gasteiger partial charge in [-0.05, 0) is 73.9 Å². The molecule has 2 amide bonds. The quantitative estimate of drug-likeness (QED) is 0.1000. The van der Waals surface area contributed by atoms with Gasteiger partial charge in [0.1, 0.15) is 11.6 Å². The van der Waals surface area contributed by atoms with Crippen molar-refractivity contribution in [1.82, 2.24) is 29.9 Å². The molecule has 1 aliphatic rings. The number of aromatic nitrogens is 5. The van der Waals surface area contributed by atoms with E-state index in [1.165, 1.54) is 17.3 Å². The molecule has 1 unspecified atom stereocenters. The molecule has 1 atom stereocenters. The number of alkyl halides is 2. The van der Waals surface area contributed by atoms with Crippen LogP contribution >= 0.6 is 11.6 Å². The standard InChI is InChI=1S/C29H34ClF2N5O2.C4H7N3.CH3NO/c1-29(2,3)14-15-34-28(33)37(25(18-39-24-12-13-24)20-8-10-23(30)11-9-20)26(38)21-6-4-19(5-7-21)22-16-35-36(17-22)27(31)32;1-3-5-4(2)7-6-3;2-1-3/h4-11,16-17,24-25,27H,12-15,18H2,1-3H3,(H2,33,34);1-2H3,(H,5,6,7);1H,(H2,2,3). The average Bonchev–Trinajstić information content (AvgIpc) is 3.59. The van der Waals surface area contributed by atoms with E-state index >= 15 is 0 Å². The molecule has 15 heteroatoms. The lowest BCUT2D eigenvalue weighted by Gasteiger charge is -2.31. The molecular formula is C34H44ClF2N9O3. The molecule has 4 aromatic rings. The fourth-order valence-corrected chi connectivity index (χ4v) is 4.57. The molecule has 2 heterocycles. The lowest BCUT2D eigenvalue weighted by Crippen LogP contribution is -2.46. The minimum atomic E-state index is -2.73. The van der Waals surface area contributed by atoms with Crippen LogP contribution in [-0.2, 0) is 9.53 Å².